The SMILES string of the molecule is Cn1c(=O)c2[nH]c(NN=Cc3ccccc3C(=O)O)nc2n(C)c1=O. The number of nitrogens with zero attached hydrogens (tertiary/aromatic N) is 4. The van der Waals surface area contributed by atoms with Crippen LogP contribution in [-0.2, 0) is 14.1 Å². The average Bonchev–Trinajstić information content (AvgIpc) is 3.03. The monoisotopic (exact) mass is 342 g/mol. The summed E-state index contributed by atoms with van der Waals surface area (Å²) >= 11 is 0. The summed E-state index contributed by atoms with van der Waals surface area (Å²) in [4.78, 5) is 42.0. The van der Waals surface area contributed by atoms with E-state index in [-0.39, 0.29) is 22.7 Å². The first-order valence-electron chi connectivity index (χ1n) is 7.17. The molecule has 1 aromatic carbocycles. The molecule has 0 bridgehead atoms. The van der Waals surface area contributed by atoms with Crippen LogP contribution in [-0.4, -0.2) is 36.4 Å². The number of aromatic amines is 1. The lowest BCUT2D eigenvalue weighted by molar-refractivity contribution is 0.0697. The van der Waals surface area contributed by atoms with Crippen LogP contribution in [0.1, 0.15) is 15.9 Å². The summed E-state index contributed by atoms with van der Waals surface area (Å²) in [5.41, 5.74) is 2.46. The number of hydrogen-bond acceptors (Lipinski definition) is 6. The van der Waals surface area contributed by atoms with E-state index in [1.54, 1.807) is 18.2 Å². The van der Waals surface area contributed by atoms with Gasteiger partial charge in [0.25, 0.3) is 5.56 Å². The second-order valence-corrected chi connectivity index (χ2v) is 5.25. The van der Waals surface area contributed by atoms with Gasteiger partial charge in [-0.25, -0.2) is 15.0 Å². The lowest BCUT2D eigenvalue weighted by Gasteiger charge is -2.00. The highest BCUT2D eigenvalue weighted by Crippen LogP contribution is 2.09. The van der Waals surface area contributed by atoms with Crippen molar-refractivity contribution >= 4 is 29.3 Å². The largest absolute Gasteiger partial charge is 0.478 e. The van der Waals surface area contributed by atoms with Crippen LogP contribution >= 0.6 is 0 Å². The van der Waals surface area contributed by atoms with Crippen LogP contribution in [0.4, 0.5) is 5.95 Å². The van der Waals surface area contributed by atoms with Gasteiger partial charge >= 0.3 is 11.7 Å². The summed E-state index contributed by atoms with van der Waals surface area (Å²) in [5.74, 6) is -0.915. The van der Waals surface area contributed by atoms with Gasteiger partial charge in [0, 0.05) is 19.7 Å². The van der Waals surface area contributed by atoms with Gasteiger partial charge < -0.3 is 10.1 Å². The Morgan fingerprint density at radius 3 is 2.72 bits per heavy atom. The maximum Gasteiger partial charge on any atom is 0.336 e. The molecule has 3 rings (SSSR count). The van der Waals surface area contributed by atoms with E-state index in [1.807, 2.05) is 0 Å². The molecule has 0 saturated heterocycles. The van der Waals surface area contributed by atoms with Gasteiger partial charge in [-0.3, -0.25) is 13.9 Å². The fourth-order valence-electron chi connectivity index (χ4n) is 2.35. The van der Waals surface area contributed by atoms with Crippen molar-refractivity contribution in [1.82, 2.24) is 19.1 Å². The summed E-state index contributed by atoms with van der Waals surface area (Å²) in [5, 5.41) is 13.0. The van der Waals surface area contributed by atoms with Gasteiger partial charge in [0.2, 0.25) is 5.95 Å². The molecule has 0 fully saturated rings. The first-order valence-corrected chi connectivity index (χ1v) is 7.17. The Bertz CT molecular complexity index is 1120. The number of hydrazone groups is 1. The van der Waals surface area contributed by atoms with Crippen molar-refractivity contribution in [2.75, 3.05) is 5.43 Å². The van der Waals surface area contributed by atoms with Gasteiger partial charge in [-0.2, -0.15) is 10.1 Å². The van der Waals surface area contributed by atoms with E-state index in [0.29, 0.717) is 5.56 Å². The lowest BCUT2D eigenvalue weighted by atomic mass is 10.1. The summed E-state index contributed by atoms with van der Waals surface area (Å²) in [6.45, 7) is 0. The minimum atomic E-state index is -1.07. The van der Waals surface area contributed by atoms with E-state index < -0.39 is 17.2 Å². The third-order valence-electron chi connectivity index (χ3n) is 3.66. The van der Waals surface area contributed by atoms with Crippen molar-refractivity contribution in [2.45, 2.75) is 0 Å². The number of fused-ring (bicyclic) bond motifs is 1. The van der Waals surface area contributed by atoms with E-state index in [1.165, 1.54) is 30.9 Å². The number of anilines is 1. The van der Waals surface area contributed by atoms with Gasteiger partial charge in [0.15, 0.2) is 11.2 Å². The van der Waals surface area contributed by atoms with E-state index in [2.05, 4.69) is 20.5 Å². The predicted molar refractivity (Wildman–Crippen MR) is 91.2 cm³/mol. The Hall–Kier alpha value is -3.69. The average molecular weight is 342 g/mol. The fraction of sp³-hybridized carbons (Fsp3) is 0.133. The molecule has 0 atom stereocenters. The number of aromatic carboxylic acids is 1. The van der Waals surface area contributed by atoms with Gasteiger partial charge in [-0.1, -0.05) is 18.2 Å². The maximum atomic E-state index is 12.1. The zero-order valence-electron chi connectivity index (χ0n) is 13.3. The Balaban J connectivity index is 1.94. The topological polar surface area (TPSA) is 134 Å². The summed E-state index contributed by atoms with van der Waals surface area (Å²) in [7, 11) is 2.88. The molecule has 2 heterocycles. The highest BCUT2D eigenvalue weighted by molar-refractivity contribution is 5.98. The molecule has 10 nitrogen and oxygen atoms in total. The molecule has 0 aliphatic carbocycles. The van der Waals surface area contributed by atoms with Crippen LogP contribution in [0.15, 0.2) is 39.0 Å². The van der Waals surface area contributed by atoms with Crippen molar-refractivity contribution < 1.29 is 9.90 Å². The zero-order chi connectivity index (χ0) is 18.1. The Labute approximate surface area is 140 Å². The van der Waals surface area contributed by atoms with Crippen molar-refractivity contribution in [1.29, 1.82) is 0 Å². The van der Waals surface area contributed by atoms with Crippen molar-refractivity contribution in [3.8, 4) is 0 Å². The number of hydrogen-bond donors (Lipinski definition) is 3. The molecule has 0 aliphatic heterocycles. The third kappa shape index (κ3) is 2.80. The van der Waals surface area contributed by atoms with Crippen LogP contribution < -0.4 is 16.7 Å². The summed E-state index contributed by atoms with van der Waals surface area (Å²) in [6, 6.07) is 6.37. The molecule has 2 aromatic heterocycles. The van der Waals surface area contributed by atoms with Crippen LogP contribution in [0.5, 0.6) is 0 Å². The number of nitrogens with one attached hydrogen (secondary N) is 2. The van der Waals surface area contributed by atoms with E-state index in [0.717, 1.165) is 4.57 Å². The molecule has 0 radical (unpaired) electrons. The summed E-state index contributed by atoms with van der Waals surface area (Å²) < 4.78 is 2.21. The Morgan fingerprint density at radius 1 is 1.28 bits per heavy atom. The third-order valence-corrected chi connectivity index (χ3v) is 3.66. The first-order chi connectivity index (χ1) is 11.9. The molecule has 128 valence electrons. The number of carboxylic acid groups (broad SMARTS) is 1. The second kappa shape index (κ2) is 6.07. The normalized spacial score (nSPS) is 11.3. The number of carboxylic acids is 1. The van der Waals surface area contributed by atoms with E-state index in [4.69, 9.17) is 5.11 Å². The minimum absolute atomic E-state index is 0.105. The first kappa shape index (κ1) is 16.2. The molecule has 3 aromatic rings. The van der Waals surface area contributed by atoms with Crippen LogP contribution in [0.3, 0.4) is 0 Å². The van der Waals surface area contributed by atoms with Gasteiger partial charge in [0.1, 0.15) is 0 Å². The Kier molecular flexibility index (Phi) is 3.93. The van der Waals surface area contributed by atoms with Crippen molar-refractivity contribution in [2.24, 2.45) is 19.2 Å². The van der Waals surface area contributed by atoms with Crippen LogP contribution in [0.25, 0.3) is 11.2 Å². The Morgan fingerprint density at radius 2 is 2.00 bits per heavy atom. The zero-order valence-corrected chi connectivity index (χ0v) is 13.3. The van der Waals surface area contributed by atoms with Gasteiger partial charge in [-0.05, 0) is 6.07 Å². The quantitative estimate of drug-likeness (QED) is 0.455. The summed E-state index contributed by atoms with van der Waals surface area (Å²) in [6.07, 6.45) is 1.33. The number of H-pyrrole nitrogens is 1. The molecule has 0 aliphatic rings. The number of imidazole rings is 1. The molecule has 0 spiro atoms. The maximum absolute atomic E-state index is 12.1. The molecule has 0 saturated carbocycles. The number of aromatic nitrogens is 4. The molecular weight excluding hydrogens is 328 g/mol. The van der Waals surface area contributed by atoms with Crippen molar-refractivity contribution in [3.05, 3.63) is 56.2 Å². The highest BCUT2D eigenvalue weighted by Gasteiger charge is 2.13. The van der Waals surface area contributed by atoms with E-state index in [9.17, 15) is 14.4 Å². The van der Waals surface area contributed by atoms with Crippen LogP contribution in [0, 0.1) is 0 Å². The molecule has 10 heteroatoms. The molecule has 3 N–H and O–H groups in total. The molecule has 0 unspecified atom stereocenters. The second-order valence-electron chi connectivity index (χ2n) is 5.25. The molecule has 25 heavy (non-hydrogen) atoms. The fourth-order valence-corrected chi connectivity index (χ4v) is 2.35. The number of aryl methyl sites for hydroxylation is 1. The minimum Gasteiger partial charge on any atom is -0.478 e. The highest BCUT2D eigenvalue weighted by atomic mass is 16.4. The smallest absolute Gasteiger partial charge is 0.336 e. The predicted octanol–water partition coefficient (Wildman–Crippen LogP) is 0.105. The number of carbonyl (C=O) groups is 1. The molecule has 0 amide bonds. The van der Waals surface area contributed by atoms with E-state index >= 15 is 0 Å². The van der Waals surface area contributed by atoms with Gasteiger partial charge in [-0.15, -0.1) is 0 Å². The lowest BCUT2D eigenvalue weighted by Crippen LogP contribution is -2.36. The standard InChI is InChI=1S/C15H14N6O4/c1-20-11-10(12(22)21(2)15(20)25)17-14(18-11)19-16-7-8-5-3-4-6-9(8)13(23)24/h3-7H,1-2H3,(H,23,24)(H2,17,18,19). The van der Waals surface area contributed by atoms with Crippen molar-refractivity contribution in [3.63, 3.8) is 0 Å². The van der Waals surface area contributed by atoms with Crippen LogP contribution in [0.2, 0.25) is 0 Å². The molecular formula is C15H14N6O4. The van der Waals surface area contributed by atoms with Gasteiger partial charge in [0.05, 0.1) is 11.8 Å². The number of benzene rings is 1. The number of rotatable bonds is 4.